The molecule has 1 unspecified atom stereocenters. The highest BCUT2D eigenvalue weighted by Crippen LogP contribution is 2.40. The normalized spacial score (nSPS) is 23.0. The van der Waals surface area contributed by atoms with Crippen molar-refractivity contribution in [1.82, 2.24) is 0 Å². The van der Waals surface area contributed by atoms with E-state index in [0.29, 0.717) is 6.61 Å². The summed E-state index contributed by atoms with van der Waals surface area (Å²) in [6.07, 6.45) is -0.586. The van der Waals surface area contributed by atoms with E-state index < -0.39 is 48.9 Å². The summed E-state index contributed by atoms with van der Waals surface area (Å²) in [5.74, 6) is 0. The summed E-state index contributed by atoms with van der Waals surface area (Å²) < 4.78 is 51.9. The molecule has 10 heteroatoms. The number of rotatable bonds is 13. The average Bonchev–Trinajstić information content (AvgIpc) is 3.22. The third-order valence-electron chi connectivity index (χ3n) is 8.05. The van der Waals surface area contributed by atoms with Gasteiger partial charge in [0.15, 0.2) is 0 Å². The summed E-state index contributed by atoms with van der Waals surface area (Å²) in [6.45, 7) is 10.1. The van der Waals surface area contributed by atoms with Crippen LogP contribution in [0.5, 0.6) is 0 Å². The van der Waals surface area contributed by atoms with Gasteiger partial charge in [-0.05, 0) is 40.9 Å². The largest absolute Gasteiger partial charge is 0.404 e. The van der Waals surface area contributed by atoms with Gasteiger partial charge < -0.3 is 19.0 Å². The molecule has 0 aliphatic carbocycles. The molecule has 1 aliphatic heterocycles. The Kier molecular flexibility index (Phi) is 10.8. The molecule has 4 rings (SSSR count). The quantitative estimate of drug-likeness (QED) is 0.175. The zero-order valence-electron chi connectivity index (χ0n) is 25.7. The van der Waals surface area contributed by atoms with Gasteiger partial charge in [0, 0.05) is 12.6 Å². The minimum Gasteiger partial charge on any atom is -0.404 e. The van der Waals surface area contributed by atoms with Crippen LogP contribution in [0.3, 0.4) is 0 Å². The van der Waals surface area contributed by atoms with Crippen molar-refractivity contribution in [2.24, 2.45) is 0 Å². The van der Waals surface area contributed by atoms with E-state index in [1.165, 1.54) is 12.1 Å². The summed E-state index contributed by atoms with van der Waals surface area (Å²) in [5, 5.41) is 12.9. The maximum atomic E-state index is 13.3. The minimum atomic E-state index is -4.17. The molecule has 0 bridgehead atoms. The molecule has 43 heavy (non-hydrogen) atoms. The van der Waals surface area contributed by atoms with Gasteiger partial charge in [-0.3, -0.25) is 4.18 Å². The Balaban J connectivity index is 1.78. The third-order valence-corrected chi connectivity index (χ3v) is 14.3. The van der Waals surface area contributed by atoms with Crippen molar-refractivity contribution in [1.29, 1.82) is 0 Å². The van der Waals surface area contributed by atoms with E-state index >= 15 is 0 Å². The Hall–Kier alpha value is -2.31. The number of hydrogen-bond acceptors (Lipinski definition) is 7. The molecule has 2 radical (unpaired) electrons. The first-order valence-electron chi connectivity index (χ1n) is 14.8. The molecule has 0 saturated carbocycles. The molecule has 1 fully saturated rings. The SMILES string of the molecule is [B][C@@H]1O[C@@](CO[Si](c2ccccc2)(c2ccccc2)C(C)(C)C)(COS(=O)(=O)c2ccc(C)cc2)C(OCCCC)[C@@H]1O. The van der Waals surface area contributed by atoms with Gasteiger partial charge in [0.2, 0.25) is 0 Å². The smallest absolute Gasteiger partial charge is 0.297 e. The number of hydrogen-bond donors (Lipinski definition) is 1. The van der Waals surface area contributed by atoms with Crippen molar-refractivity contribution in [3.8, 4) is 0 Å². The molecule has 3 aromatic rings. The molecule has 0 amide bonds. The maximum absolute atomic E-state index is 13.3. The van der Waals surface area contributed by atoms with E-state index in [1.54, 1.807) is 12.1 Å². The van der Waals surface area contributed by atoms with Crippen molar-refractivity contribution in [2.45, 2.75) is 81.2 Å². The monoisotopic (exact) mass is 622 g/mol. The molecule has 3 aromatic carbocycles. The fourth-order valence-electron chi connectivity index (χ4n) is 5.71. The lowest BCUT2D eigenvalue weighted by Crippen LogP contribution is -2.68. The zero-order chi connectivity index (χ0) is 31.3. The van der Waals surface area contributed by atoms with Crippen molar-refractivity contribution in [2.75, 3.05) is 19.8 Å². The van der Waals surface area contributed by atoms with Crippen molar-refractivity contribution in [3.05, 3.63) is 90.5 Å². The lowest BCUT2D eigenvalue weighted by Gasteiger charge is -2.45. The topological polar surface area (TPSA) is 91.3 Å². The van der Waals surface area contributed by atoms with E-state index in [2.05, 4.69) is 45.0 Å². The second-order valence-corrected chi connectivity index (χ2v) is 18.2. The standard InChI is InChI=1S/C33H43BO7SSi/c1-6-7-22-38-30-29(35)31(34)41-33(30,23-39-42(36,37)26-20-18-25(2)19-21-26)24-40-43(32(3,4)5,27-14-10-8-11-15-27)28-16-12-9-13-17-28/h8-21,29-31,35H,6-7,22-24H2,1-5H3/t29-,30?,31+,33+/m0/s1. The molecule has 1 heterocycles. The first kappa shape index (κ1) is 33.6. The van der Waals surface area contributed by atoms with Gasteiger partial charge in [-0.15, -0.1) is 0 Å². The van der Waals surface area contributed by atoms with E-state index in [-0.39, 0.29) is 16.5 Å². The summed E-state index contributed by atoms with van der Waals surface area (Å²) in [4.78, 5) is 0.0208. The van der Waals surface area contributed by atoms with Gasteiger partial charge in [-0.25, -0.2) is 0 Å². The lowest BCUT2D eigenvalue weighted by molar-refractivity contribution is -0.137. The fourth-order valence-corrected chi connectivity index (χ4v) is 11.3. The van der Waals surface area contributed by atoms with Crippen LogP contribution in [-0.4, -0.2) is 73.3 Å². The Morgan fingerprint density at radius 3 is 2.00 bits per heavy atom. The van der Waals surface area contributed by atoms with Gasteiger partial charge >= 0.3 is 0 Å². The van der Waals surface area contributed by atoms with E-state index in [1.807, 2.05) is 50.2 Å². The second-order valence-electron chi connectivity index (χ2n) is 12.3. The molecule has 4 atom stereocenters. The molecule has 230 valence electrons. The van der Waals surface area contributed by atoms with Crippen LogP contribution >= 0.6 is 0 Å². The van der Waals surface area contributed by atoms with Crippen LogP contribution in [0, 0.1) is 6.92 Å². The molecule has 1 saturated heterocycles. The first-order chi connectivity index (χ1) is 20.4. The van der Waals surface area contributed by atoms with E-state index in [0.717, 1.165) is 28.8 Å². The highest BCUT2D eigenvalue weighted by molar-refractivity contribution is 7.86. The zero-order valence-corrected chi connectivity index (χ0v) is 27.5. The second kappa shape index (κ2) is 13.8. The van der Waals surface area contributed by atoms with Gasteiger partial charge in [0.1, 0.15) is 32.3 Å². The summed E-state index contributed by atoms with van der Waals surface area (Å²) in [5.41, 5.74) is -0.594. The lowest BCUT2D eigenvalue weighted by atomic mass is 9.89. The molecular formula is C33H43BO7SSi. The number of ether oxygens (including phenoxy) is 2. The Labute approximate surface area is 259 Å². The molecule has 7 nitrogen and oxygen atoms in total. The number of aliphatic hydroxyl groups is 1. The Morgan fingerprint density at radius 2 is 1.49 bits per heavy atom. The summed E-state index contributed by atoms with van der Waals surface area (Å²) in [6, 6.07) is 25.5. The van der Waals surface area contributed by atoms with Crippen LogP contribution in [0.1, 0.15) is 46.1 Å². The van der Waals surface area contributed by atoms with Gasteiger partial charge in [-0.2, -0.15) is 8.42 Å². The van der Waals surface area contributed by atoms with Crippen LogP contribution in [0.4, 0.5) is 0 Å². The van der Waals surface area contributed by atoms with Gasteiger partial charge in [0.05, 0.1) is 11.5 Å². The fraction of sp³-hybridized carbons (Fsp3) is 0.455. The van der Waals surface area contributed by atoms with Crippen LogP contribution in [0.25, 0.3) is 0 Å². The maximum Gasteiger partial charge on any atom is 0.297 e. The van der Waals surface area contributed by atoms with Crippen molar-refractivity contribution in [3.63, 3.8) is 0 Å². The summed E-state index contributed by atoms with van der Waals surface area (Å²) >= 11 is 0. The predicted molar refractivity (Wildman–Crippen MR) is 172 cm³/mol. The molecule has 1 aliphatic rings. The Morgan fingerprint density at radius 1 is 0.930 bits per heavy atom. The molecule has 0 aromatic heterocycles. The van der Waals surface area contributed by atoms with Crippen LogP contribution < -0.4 is 10.4 Å². The summed E-state index contributed by atoms with van der Waals surface area (Å²) in [7, 11) is -0.997. The van der Waals surface area contributed by atoms with E-state index in [9.17, 15) is 13.5 Å². The van der Waals surface area contributed by atoms with Gasteiger partial charge in [-0.1, -0.05) is 112 Å². The highest BCUT2D eigenvalue weighted by Gasteiger charge is 2.58. The third kappa shape index (κ3) is 7.17. The van der Waals surface area contributed by atoms with Crippen LogP contribution in [0.2, 0.25) is 5.04 Å². The average molecular weight is 623 g/mol. The molecular weight excluding hydrogens is 579 g/mol. The van der Waals surface area contributed by atoms with Crippen LogP contribution in [-0.2, 0) is 28.2 Å². The number of benzene rings is 3. The van der Waals surface area contributed by atoms with Crippen molar-refractivity contribution < 1.29 is 31.6 Å². The van der Waals surface area contributed by atoms with E-state index in [4.69, 9.17) is 25.9 Å². The van der Waals surface area contributed by atoms with Gasteiger partial charge in [0.25, 0.3) is 18.4 Å². The molecule has 1 N–H and O–H groups in total. The number of aliphatic hydroxyl groups excluding tert-OH is 1. The highest BCUT2D eigenvalue weighted by atomic mass is 32.2. The van der Waals surface area contributed by atoms with Crippen molar-refractivity contribution >= 4 is 36.7 Å². The minimum absolute atomic E-state index is 0.0208. The predicted octanol–water partition coefficient (Wildman–Crippen LogP) is 4.09. The number of unbranched alkanes of at least 4 members (excludes halogenated alkanes) is 1. The Bertz CT molecular complexity index is 1380. The van der Waals surface area contributed by atoms with Crippen LogP contribution in [0.15, 0.2) is 89.8 Å². The number of aryl methyl sites for hydroxylation is 1. The first-order valence-corrected chi connectivity index (χ1v) is 18.1. The molecule has 0 spiro atoms.